The summed E-state index contributed by atoms with van der Waals surface area (Å²) in [5.74, 6) is 0. The minimum atomic E-state index is 0.447. The molecule has 0 spiro atoms. The zero-order chi connectivity index (χ0) is 9.64. The van der Waals surface area contributed by atoms with Gasteiger partial charge < -0.3 is 4.84 Å². The van der Waals surface area contributed by atoms with Gasteiger partial charge in [-0.2, -0.15) is 5.48 Å². The fraction of sp³-hybridized carbons (Fsp3) is 0.667. The number of rotatable bonds is 1. The maximum atomic E-state index is 5.23. The summed E-state index contributed by atoms with van der Waals surface area (Å²) in [6.07, 6.45) is 15.1. The van der Waals surface area contributed by atoms with Crippen molar-refractivity contribution in [3.8, 4) is 0 Å². The molecule has 2 rings (SSSR count). The highest BCUT2D eigenvalue weighted by Crippen LogP contribution is 2.23. The summed E-state index contributed by atoms with van der Waals surface area (Å²) in [5, 5.41) is 0. The van der Waals surface area contributed by atoms with Crippen molar-refractivity contribution in [3.63, 3.8) is 0 Å². The van der Waals surface area contributed by atoms with E-state index in [0.29, 0.717) is 6.04 Å². The molecule has 0 saturated heterocycles. The van der Waals surface area contributed by atoms with E-state index in [-0.39, 0.29) is 0 Å². The van der Waals surface area contributed by atoms with Gasteiger partial charge in [0.1, 0.15) is 6.26 Å². The third-order valence-electron chi connectivity index (χ3n) is 3.02. The van der Waals surface area contributed by atoms with E-state index in [1.54, 1.807) is 11.8 Å². The average molecular weight is 193 g/mol. The van der Waals surface area contributed by atoms with Crippen LogP contribution in [0.1, 0.15) is 44.9 Å². The Kier molecular flexibility index (Phi) is 3.64. The first kappa shape index (κ1) is 9.78. The second-order valence-electron chi connectivity index (χ2n) is 4.12. The largest absolute Gasteiger partial charge is 0.416 e. The van der Waals surface area contributed by atoms with Gasteiger partial charge in [-0.3, -0.25) is 0 Å². The topological polar surface area (TPSA) is 21.3 Å². The lowest BCUT2D eigenvalue weighted by Gasteiger charge is -2.18. The molecule has 1 N–H and O–H groups in total. The third kappa shape index (κ3) is 2.61. The molecule has 0 saturated carbocycles. The van der Waals surface area contributed by atoms with Crippen LogP contribution in [0.4, 0.5) is 0 Å². The van der Waals surface area contributed by atoms with Gasteiger partial charge in [-0.05, 0) is 44.6 Å². The molecule has 1 unspecified atom stereocenters. The van der Waals surface area contributed by atoms with E-state index in [1.165, 1.54) is 38.5 Å². The Balaban J connectivity index is 1.94. The second-order valence-corrected chi connectivity index (χ2v) is 4.12. The molecule has 1 atom stereocenters. The van der Waals surface area contributed by atoms with E-state index in [4.69, 9.17) is 4.84 Å². The summed E-state index contributed by atoms with van der Waals surface area (Å²) in [7, 11) is 0. The summed E-state index contributed by atoms with van der Waals surface area (Å²) in [6, 6.07) is 0.447. The third-order valence-corrected chi connectivity index (χ3v) is 3.02. The van der Waals surface area contributed by atoms with E-state index < -0.39 is 0 Å². The van der Waals surface area contributed by atoms with Crippen LogP contribution in [0.2, 0.25) is 0 Å². The van der Waals surface area contributed by atoms with Gasteiger partial charge in [0.2, 0.25) is 0 Å². The van der Waals surface area contributed by atoms with Crippen LogP contribution in [0.25, 0.3) is 0 Å². The molecule has 1 aliphatic carbocycles. The highest BCUT2D eigenvalue weighted by atomic mass is 16.6. The molecule has 0 aromatic carbocycles. The van der Waals surface area contributed by atoms with Crippen molar-refractivity contribution >= 4 is 0 Å². The Labute approximate surface area is 86.0 Å². The van der Waals surface area contributed by atoms with Crippen LogP contribution in [-0.4, -0.2) is 6.04 Å². The summed E-state index contributed by atoms with van der Waals surface area (Å²) in [5.41, 5.74) is 4.69. The van der Waals surface area contributed by atoms with E-state index in [0.717, 1.165) is 6.42 Å². The van der Waals surface area contributed by atoms with Crippen LogP contribution in [0.15, 0.2) is 24.0 Å². The summed E-state index contributed by atoms with van der Waals surface area (Å²) in [6.45, 7) is 0. The number of hydroxylamine groups is 1. The van der Waals surface area contributed by atoms with Crippen LogP contribution >= 0.6 is 0 Å². The van der Waals surface area contributed by atoms with Crippen molar-refractivity contribution in [1.29, 1.82) is 0 Å². The molecule has 0 aromatic heterocycles. The van der Waals surface area contributed by atoms with Crippen LogP contribution in [0.5, 0.6) is 0 Å². The Hall–Kier alpha value is -0.760. The van der Waals surface area contributed by atoms with E-state index >= 15 is 0 Å². The standard InChI is InChI=1S/C12H19NO/c1-2-4-8-11(7-3-1)12-9-5-6-10-14-13-12/h6-7,10,12-13H,1-5,8-9H2. The van der Waals surface area contributed by atoms with Crippen molar-refractivity contribution in [2.45, 2.75) is 51.0 Å². The van der Waals surface area contributed by atoms with Crippen molar-refractivity contribution in [3.05, 3.63) is 24.0 Å². The van der Waals surface area contributed by atoms with Crippen LogP contribution in [0, 0.1) is 0 Å². The van der Waals surface area contributed by atoms with Gasteiger partial charge in [-0.15, -0.1) is 0 Å². The minimum Gasteiger partial charge on any atom is -0.416 e. The first-order chi connectivity index (χ1) is 6.97. The Morgan fingerprint density at radius 2 is 2.21 bits per heavy atom. The first-order valence-corrected chi connectivity index (χ1v) is 5.72. The lowest BCUT2D eigenvalue weighted by atomic mass is 9.99. The number of hydrogen-bond acceptors (Lipinski definition) is 2. The lowest BCUT2D eigenvalue weighted by Crippen LogP contribution is -2.28. The molecule has 78 valence electrons. The van der Waals surface area contributed by atoms with E-state index in [9.17, 15) is 0 Å². The fourth-order valence-corrected chi connectivity index (χ4v) is 2.18. The SMILES string of the molecule is C1=CONC(C2=CCCCCC2)CC1. The molecule has 2 heteroatoms. The normalized spacial score (nSPS) is 28.6. The highest BCUT2D eigenvalue weighted by Gasteiger charge is 2.16. The molecule has 14 heavy (non-hydrogen) atoms. The van der Waals surface area contributed by atoms with Gasteiger partial charge >= 0.3 is 0 Å². The predicted molar refractivity (Wildman–Crippen MR) is 57.6 cm³/mol. The Bertz CT molecular complexity index is 222. The summed E-state index contributed by atoms with van der Waals surface area (Å²) in [4.78, 5) is 5.23. The maximum Gasteiger partial charge on any atom is 0.107 e. The molecule has 0 fully saturated rings. The molecule has 0 bridgehead atoms. The molecule has 0 aromatic rings. The van der Waals surface area contributed by atoms with Crippen LogP contribution in [-0.2, 0) is 4.84 Å². The van der Waals surface area contributed by atoms with Crippen LogP contribution < -0.4 is 5.48 Å². The maximum absolute atomic E-state index is 5.23. The first-order valence-electron chi connectivity index (χ1n) is 5.72. The summed E-state index contributed by atoms with van der Waals surface area (Å²) < 4.78 is 0. The molecule has 2 nitrogen and oxygen atoms in total. The van der Waals surface area contributed by atoms with Crippen molar-refractivity contribution in [2.24, 2.45) is 0 Å². The van der Waals surface area contributed by atoms with E-state index in [2.05, 4.69) is 17.6 Å². The van der Waals surface area contributed by atoms with Crippen molar-refractivity contribution in [2.75, 3.05) is 0 Å². The zero-order valence-electron chi connectivity index (χ0n) is 8.67. The zero-order valence-corrected chi connectivity index (χ0v) is 8.67. The monoisotopic (exact) mass is 193 g/mol. The fourth-order valence-electron chi connectivity index (χ4n) is 2.18. The number of hydrogen-bond donors (Lipinski definition) is 1. The van der Waals surface area contributed by atoms with Crippen molar-refractivity contribution in [1.82, 2.24) is 5.48 Å². The van der Waals surface area contributed by atoms with Gasteiger partial charge in [-0.25, -0.2) is 0 Å². The average Bonchev–Trinajstić information content (AvgIpc) is 2.62. The quantitative estimate of drug-likeness (QED) is 0.646. The molecule has 2 aliphatic rings. The molecule has 1 aliphatic heterocycles. The van der Waals surface area contributed by atoms with Gasteiger partial charge in [0.25, 0.3) is 0 Å². The smallest absolute Gasteiger partial charge is 0.107 e. The highest BCUT2D eigenvalue weighted by molar-refractivity contribution is 5.12. The molecule has 1 heterocycles. The van der Waals surface area contributed by atoms with Crippen molar-refractivity contribution < 1.29 is 4.84 Å². The van der Waals surface area contributed by atoms with Gasteiger partial charge in [0, 0.05) is 0 Å². The van der Waals surface area contributed by atoms with Gasteiger partial charge in [0.05, 0.1) is 6.04 Å². The van der Waals surface area contributed by atoms with Crippen LogP contribution in [0.3, 0.4) is 0 Å². The van der Waals surface area contributed by atoms with Gasteiger partial charge in [-0.1, -0.05) is 18.1 Å². The lowest BCUT2D eigenvalue weighted by molar-refractivity contribution is 0.113. The molecule has 0 amide bonds. The molecular formula is C12H19NO. The molecule has 0 radical (unpaired) electrons. The molecular weight excluding hydrogens is 174 g/mol. The van der Waals surface area contributed by atoms with Gasteiger partial charge in [0.15, 0.2) is 0 Å². The Morgan fingerprint density at radius 1 is 1.21 bits per heavy atom. The minimum absolute atomic E-state index is 0.447. The Morgan fingerprint density at radius 3 is 3.21 bits per heavy atom. The number of allylic oxidation sites excluding steroid dienone is 2. The summed E-state index contributed by atoms with van der Waals surface area (Å²) >= 11 is 0. The predicted octanol–water partition coefficient (Wildman–Crippen LogP) is 3.07. The van der Waals surface area contributed by atoms with E-state index in [1.807, 2.05) is 0 Å². The number of nitrogens with one attached hydrogen (secondary N) is 1. The second kappa shape index (κ2) is 5.20.